The molecule has 0 spiro atoms. The van der Waals surface area contributed by atoms with E-state index in [9.17, 15) is 0 Å². The fraction of sp³-hybridized carbons (Fsp3) is 1.00. The molecule has 0 aromatic rings. The van der Waals surface area contributed by atoms with Crippen molar-refractivity contribution in [2.24, 2.45) is 0 Å². The van der Waals surface area contributed by atoms with Gasteiger partial charge in [-0.15, -0.1) is 0 Å². The van der Waals surface area contributed by atoms with Gasteiger partial charge in [-0.1, -0.05) is 0 Å². The summed E-state index contributed by atoms with van der Waals surface area (Å²) in [6.45, 7) is 9.38. The third kappa shape index (κ3) is 6.36. The Balaban J connectivity index is 2.02. The number of piperidine rings is 1. The molecule has 0 amide bonds. The van der Waals surface area contributed by atoms with Gasteiger partial charge in [-0.3, -0.25) is 0 Å². The van der Waals surface area contributed by atoms with Crippen molar-refractivity contribution < 1.29 is 4.74 Å². The molecular weight excluding hydrogens is 214 g/mol. The average Bonchev–Trinajstić information content (AvgIpc) is 2.34. The van der Waals surface area contributed by atoms with Gasteiger partial charge >= 0.3 is 0 Å². The topological polar surface area (TPSA) is 27.7 Å². The number of hydrogen-bond donors (Lipinski definition) is 1. The predicted octanol–water partition coefficient (Wildman–Crippen LogP) is 0.639. The first-order valence-corrected chi connectivity index (χ1v) is 6.91. The number of nitrogens with zero attached hydrogens (tertiary/aromatic N) is 2. The van der Waals surface area contributed by atoms with Gasteiger partial charge in [0.05, 0.1) is 6.61 Å². The number of hydrogen-bond acceptors (Lipinski definition) is 4. The van der Waals surface area contributed by atoms with Crippen LogP contribution in [0.3, 0.4) is 0 Å². The van der Waals surface area contributed by atoms with Crippen LogP contribution in [0.25, 0.3) is 0 Å². The summed E-state index contributed by atoms with van der Waals surface area (Å²) in [5.74, 6) is 0. The number of likely N-dealkylation sites (tertiary alicyclic amines) is 1. The van der Waals surface area contributed by atoms with Crippen LogP contribution in [0.4, 0.5) is 0 Å². The van der Waals surface area contributed by atoms with Crippen LogP contribution in [0.5, 0.6) is 0 Å². The molecule has 1 atom stereocenters. The molecule has 1 heterocycles. The van der Waals surface area contributed by atoms with Crippen LogP contribution in [-0.2, 0) is 4.74 Å². The quantitative estimate of drug-likeness (QED) is 0.633. The van der Waals surface area contributed by atoms with Gasteiger partial charge in [0, 0.05) is 38.8 Å². The van der Waals surface area contributed by atoms with Gasteiger partial charge in [-0.2, -0.15) is 0 Å². The van der Waals surface area contributed by atoms with Crippen LogP contribution in [0, 0.1) is 0 Å². The van der Waals surface area contributed by atoms with Crippen LogP contribution in [-0.4, -0.2) is 75.9 Å². The monoisotopic (exact) mass is 243 g/mol. The number of nitrogens with one attached hydrogen (secondary N) is 1. The lowest BCUT2D eigenvalue weighted by atomic mass is 10.1. The lowest BCUT2D eigenvalue weighted by Crippen LogP contribution is -2.47. The molecule has 0 radical (unpaired) electrons. The summed E-state index contributed by atoms with van der Waals surface area (Å²) in [6, 6.07) is 0.743. The van der Waals surface area contributed by atoms with Crippen molar-refractivity contribution in [1.29, 1.82) is 0 Å². The van der Waals surface area contributed by atoms with Crippen molar-refractivity contribution >= 4 is 0 Å². The van der Waals surface area contributed by atoms with E-state index in [1.54, 1.807) is 0 Å². The van der Waals surface area contributed by atoms with Crippen LogP contribution in [0.1, 0.15) is 19.8 Å². The Morgan fingerprint density at radius 2 is 2.18 bits per heavy atom. The van der Waals surface area contributed by atoms with E-state index in [1.165, 1.54) is 25.9 Å². The Morgan fingerprint density at radius 3 is 2.88 bits per heavy atom. The molecule has 1 saturated heterocycles. The highest BCUT2D eigenvalue weighted by Gasteiger charge is 2.20. The summed E-state index contributed by atoms with van der Waals surface area (Å²) < 4.78 is 5.29. The molecule has 102 valence electrons. The highest BCUT2D eigenvalue weighted by Crippen LogP contribution is 2.12. The third-order valence-electron chi connectivity index (χ3n) is 3.44. The summed E-state index contributed by atoms with van der Waals surface area (Å²) in [7, 11) is 4.38. The van der Waals surface area contributed by atoms with Crippen molar-refractivity contribution in [3.05, 3.63) is 0 Å². The molecule has 0 bridgehead atoms. The maximum Gasteiger partial charge on any atom is 0.0590 e. The van der Waals surface area contributed by atoms with Crippen molar-refractivity contribution in [2.45, 2.75) is 25.8 Å². The Kier molecular flexibility index (Phi) is 7.77. The predicted molar refractivity (Wildman–Crippen MR) is 72.5 cm³/mol. The Bertz CT molecular complexity index is 188. The van der Waals surface area contributed by atoms with E-state index >= 15 is 0 Å². The van der Waals surface area contributed by atoms with Crippen molar-refractivity contribution in [2.75, 3.05) is 60.0 Å². The van der Waals surface area contributed by atoms with Gasteiger partial charge in [-0.25, -0.2) is 0 Å². The van der Waals surface area contributed by atoms with Crippen LogP contribution >= 0.6 is 0 Å². The lowest BCUT2D eigenvalue weighted by molar-refractivity contribution is 0.129. The number of ether oxygens (including phenoxy) is 1. The Hall–Kier alpha value is -0.160. The maximum atomic E-state index is 5.29. The maximum absolute atomic E-state index is 5.29. The molecule has 1 N–H and O–H groups in total. The second-order valence-electron chi connectivity index (χ2n) is 5.01. The van der Waals surface area contributed by atoms with Gasteiger partial charge in [-0.05, 0) is 40.4 Å². The Morgan fingerprint density at radius 1 is 1.35 bits per heavy atom. The summed E-state index contributed by atoms with van der Waals surface area (Å²) in [6.07, 6.45) is 2.68. The molecule has 4 nitrogen and oxygen atoms in total. The highest BCUT2D eigenvalue weighted by molar-refractivity contribution is 4.78. The molecule has 17 heavy (non-hydrogen) atoms. The summed E-state index contributed by atoms with van der Waals surface area (Å²) in [4.78, 5) is 4.93. The zero-order valence-electron chi connectivity index (χ0n) is 11.7. The molecule has 0 aromatic carbocycles. The van der Waals surface area contributed by atoms with Gasteiger partial charge < -0.3 is 19.9 Å². The van der Waals surface area contributed by atoms with Gasteiger partial charge in [0.1, 0.15) is 0 Å². The van der Waals surface area contributed by atoms with Gasteiger partial charge in [0.2, 0.25) is 0 Å². The zero-order chi connectivity index (χ0) is 12.5. The molecule has 1 aliphatic rings. The molecule has 0 aliphatic carbocycles. The van der Waals surface area contributed by atoms with Gasteiger partial charge in [0.15, 0.2) is 0 Å². The summed E-state index contributed by atoms with van der Waals surface area (Å²) in [5.41, 5.74) is 0. The van der Waals surface area contributed by atoms with E-state index in [0.29, 0.717) is 0 Å². The summed E-state index contributed by atoms with van der Waals surface area (Å²) in [5, 5.41) is 3.43. The second-order valence-corrected chi connectivity index (χ2v) is 5.01. The van der Waals surface area contributed by atoms with Crippen LogP contribution in [0.15, 0.2) is 0 Å². The minimum absolute atomic E-state index is 0.743. The molecule has 0 aromatic heterocycles. The zero-order valence-corrected chi connectivity index (χ0v) is 11.7. The number of rotatable bonds is 8. The molecule has 1 rings (SSSR count). The largest absolute Gasteiger partial charge is 0.380 e. The highest BCUT2D eigenvalue weighted by atomic mass is 16.5. The van der Waals surface area contributed by atoms with Gasteiger partial charge in [0.25, 0.3) is 0 Å². The normalized spacial score (nSPS) is 22.2. The average molecular weight is 243 g/mol. The molecule has 1 aliphatic heterocycles. The Labute approximate surface area is 106 Å². The second kappa shape index (κ2) is 8.86. The minimum atomic E-state index is 0.743. The molecule has 1 unspecified atom stereocenters. The van der Waals surface area contributed by atoms with E-state index in [-0.39, 0.29) is 0 Å². The first-order valence-electron chi connectivity index (χ1n) is 6.91. The fourth-order valence-corrected chi connectivity index (χ4v) is 2.31. The fourth-order valence-electron chi connectivity index (χ4n) is 2.31. The van der Waals surface area contributed by atoms with E-state index < -0.39 is 0 Å². The van der Waals surface area contributed by atoms with Crippen molar-refractivity contribution in [3.8, 4) is 0 Å². The van der Waals surface area contributed by atoms with E-state index in [1.807, 2.05) is 6.92 Å². The third-order valence-corrected chi connectivity index (χ3v) is 3.44. The molecule has 1 fully saturated rings. The van der Waals surface area contributed by atoms with Crippen molar-refractivity contribution in [3.63, 3.8) is 0 Å². The van der Waals surface area contributed by atoms with E-state index in [2.05, 4.69) is 29.2 Å². The van der Waals surface area contributed by atoms with Crippen LogP contribution in [0.2, 0.25) is 0 Å². The molecular formula is C13H29N3O. The molecule has 4 heteroatoms. The van der Waals surface area contributed by atoms with E-state index in [4.69, 9.17) is 4.74 Å². The summed E-state index contributed by atoms with van der Waals surface area (Å²) >= 11 is 0. The lowest BCUT2D eigenvalue weighted by Gasteiger charge is -2.36. The smallest absolute Gasteiger partial charge is 0.0590 e. The molecule has 0 saturated carbocycles. The van der Waals surface area contributed by atoms with Crippen molar-refractivity contribution in [1.82, 2.24) is 15.1 Å². The van der Waals surface area contributed by atoms with Crippen LogP contribution < -0.4 is 5.32 Å². The first-order chi connectivity index (χ1) is 8.24. The first kappa shape index (κ1) is 14.9. The van der Waals surface area contributed by atoms with E-state index in [0.717, 1.165) is 38.9 Å². The minimum Gasteiger partial charge on any atom is -0.380 e. The SMILES string of the molecule is CCOCCNCCN1CCCC(N(C)C)C1. The number of likely N-dealkylation sites (N-methyl/N-ethyl adjacent to an activating group) is 1. The standard InChI is InChI=1S/C13H29N3O/c1-4-17-11-8-14-7-10-16-9-5-6-13(12-16)15(2)3/h13-14H,4-12H2,1-3H3.